The SMILES string of the molecule is O=C(CSc1nc(C(F)(F)F)nc2ccccc12)O[C@@H]1CCS(=O)(=O)C1. The maximum absolute atomic E-state index is 13.0. The van der Waals surface area contributed by atoms with Crippen molar-refractivity contribution in [2.45, 2.75) is 23.7 Å². The molecule has 0 bridgehead atoms. The Morgan fingerprint density at radius 1 is 1.27 bits per heavy atom. The third-order valence-electron chi connectivity index (χ3n) is 3.64. The van der Waals surface area contributed by atoms with Gasteiger partial charge in [0.05, 0.1) is 22.8 Å². The van der Waals surface area contributed by atoms with E-state index >= 15 is 0 Å². The van der Waals surface area contributed by atoms with Gasteiger partial charge in [-0.1, -0.05) is 30.0 Å². The molecule has 2 heterocycles. The zero-order chi connectivity index (χ0) is 18.9. The number of hydrogen-bond acceptors (Lipinski definition) is 7. The molecule has 0 saturated carbocycles. The average Bonchev–Trinajstić information content (AvgIpc) is 2.90. The van der Waals surface area contributed by atoms with E-state index in [9.17, 15) is 26.4 Å². The highest BCUT2D eigenvalue weighted by Gasteiger charge is 2.36. The van der Waals surface area contributed by atoms with Crippen molar-refractivity contribution in [2.75, 3.05) is 17.3 Å². The molecular weight excluding hydrogens is 393 g/mol. The Kier molecular flexibility index (Phi) is 5.11. The number of halogens is 3. The number of ether oxygens (including phenoxy) is 1. The van der Waals surface area contributed by atoms with Crippen molar-refractivity contribution in [3.8, 4) is 0 Å². The lowest BCUT2D eigenvalue weighted by atomic mass is 10.2. The topological polar surface area (TPSA) is 86.2 Å². The molecule has 3 rings (SSSR count). The zero-order valence-corrected chi connectivity index (χ0v) is 14.8. The van der Waals surface area contributed by atoms with Crippen molar-refractivity contribution in [2.24, 2.45) is 0 Å². The second-order valence-corrected chi connectivity index (χ2v) is 8.86. The number of fused-ring (bicyclic) bond motifs is 1. The fraction of sp³-hybridized carbons (Fsp3) is 0.400. The lowest BCUT2D eigenvalue weighted by molar-refractivity contribution is -0.145. The second kappa shape index (κ2) is 7.03. The molecule has 6 nitrogen and oxygen atoms in total. The maximum atomic E-state index is 13.0. The second-order valence-electron chi connectivity index (χ2n) is 5.67. The number of alkyl halides is 3. The molecule has 1 fully saturated rings. The number of rotatable bonds is 4. The van der Waals surface area contributed by atoms with Crippen molar-refractivity contribution in [1.29, 1.82) is 0 Å². The van der Waals surface area contributed by atoms with Gasteiger partial charge in [-0.2, -0.15) is 13.2 Å². The van der Waals surface area contributed by atoms with Crippen LogP contribution in [-0.4, -0.2) is 47.7 Å². The highest BCUT2D eigenvalue weighted by molar-refractivity contribution is 8.00. The van der Waals surface area contributed by atoms with Crippen molar-refractivity contribution in [3.63, 3.8) is 0 Å². The predicted octanol–water partition coefficient (Wildman–Crippen LogP) is 2.47. The van der Waals surface area contributed by atoms with E-state index in [1.54, 1.807) is 18.2 Å². The minimum Gasteiger partial charge on any atom is -0.461 e. The van der Waals surface area contributed by atoms with Crippen LogP contribution in [0.4, 0.5) is 13.2 Å². The Bertz CT molecular complexity index is 948. The molecule has 1 aromatic heterocycles. The minimum absolute atomic E-state index is 0.0129. The first-order valence-electron chi connectivity index (χ1n) is 7.51. The summed E-state index contributed by atoms with van der Waals surface area (Å²) in [7, 11) is -3.19. The first-order valence-corrected chi connectivity index (χ1v) is 10.3. The van der Waals surface area contributed by atoms with E-state index in [4.69, 9.17) is 4.74 Å². The molecule has 26 heavy (non-hydrogen) atoms. The molecule has 0 aliphatic carbocycles. The molecule has 0 N–H and O–H groups in total. The number of para-hydroxylation sites is 1. The quantitative estimate of drug-likeness (QED) is 0.438. The van der Waals surface area contributed by atoms with Gasteiger partial charge in [-0.3, -0.25) is 4.79 Å². The molecule has 1 atom stereocenters. The molecule has 0 spiro atoms. The minimum atomic E-state index is -4.71. The Morgan fingerprint density at radius 3 is 2.65 bits per heavy atom. The van der Waals surface area contributed by atoms with Gasteiger partial charge in [-0.05, 0) is 12.5 Å². The Morgan fingerprint density at radius 2 is 2.00 bits per heavy atom. The van der Waals surface area contributed by atoms with Gasteiger partial charge in [0.25, 0.3) is 0 Å². The number of benzene rings is 1. The van der Waals surface area contributed by atoms with Gasteiger partial charge in [-0.25, -0.2) is 18.4 Å². The van der Waals surface area contributed by atoms with Crippen LogP contribution in [0.3, 0.4) is 0 Å². The molecule has 1 aromatic carbocycles. The number of nitrogens with zero attached hydrogens (tertiary/aromatic N) is 2. The molecular formula is C15H13F3N2O4S2. The average molecular weight is 406 g/mol. The van der Waals surface area contributed by atoms with E-state index in [1.807, 2.05) is 0 Å². The largest absolute Gasteiger partial charge is 0.461 e. The number of carbonyl (C=O) groups is 1. The van der Waals surface area contributed by atoms with Crippen LogP contribution in [0.1, 0.15) is 12.2 Å². The Hall–Kier alpha value is -1.88. The lowest BCUT2D eigenvalue weighted by Crippen LogP contribution is -2.20. The molecule has 140 valence electrons. The normalized spacial score (nSPS) is 19.6. The molecule has 2 aromatic rings. The molecule has 0 amide bonds. The number of thioether (sulfide) groups is 1. The Balaban J connectivity index is 1.75. The predicted molar refractivity (Wildman–Crippen MR) is 88.4 cm³/mol. The lowest BCUT2D eigenvalue weighted by Gasteiger charge is -2.12. The van der Waals surface area contributed by atoms with Crippen LogP contribution in [0.25, 0.3) is 10.9 Å². The van der Waals surface area contributed by atoms with E-state index in [1.165, 1.54) is 6.07 Å². The zero-order valence-electron chi connectivity index (χ0n) is 13.2. The first-order chi connectivity index (χ1) is 12.1. The molecule has 1 aliphatic heterocycles. The van der Waals surface area contributed by atoms with E-state index < -0.39 is 33.9 Å². The van der Waals surface area contributed by atoms with Crippen LogP contribution < -0.4 is 0 Å². The smallest absolute Gasteiger partial charge is 0.451 e. The fourth-order valence-corrected chi connectivity index (χ4v) is 4.88. The van der Waals surface area contributed by atoms with Gasteiger partial charge in [-0.15, -0.1) is 0 Å². The Labute approximate surface area is 151 Å². The van der Waals surface area contributed by atoms with Crippen LogP contribution in [0, 0.1) is 0 Å². The van der Waals surface area contributed by atoms with Crippen LogP contribution in [0.2, 0.25) is 0 Å². The summed E-state index contributed by atoms with van der Waals surface area (Å²) in [5.41, 5.74) is 0.118. The monoisotopic (exact) mass is 406 g/mol. The number of esters is 1. The molecule has 11 heteroatoms. The summed E-state index contributed by atoms with van der Waals surface area (Å²) in [5, 5.41) is 0.403. The van der Waals surface area contributed by atoms with E-state index in [0.29, 0.717) is 5.39 Å². The first kappa shape index (κ1) is 18.9. The number of carbonyl (C=O) groups excluding carboxylic acids is 1. The van der Waals surface area contributed by atoms with Gasteiger partial charge >= 0.3 is 12.1 Å². The summed E-state index contributed by atoms with van der Waals surface area (Å²) in [5.74, 6) is -2.53. The molecule has 1 aliphatic rings. The summed E-state index contributed by atoms with van der Waals surface area (Å²) in [6, 6.07) is 6.17. The van der Waals surface area contributed by atoms with Crippen LogP contribution in [0.5, 0.6) is 0 Å². The molecule has 0 radical (unpaired) electrons. The third-order valence-corrected chi connectivity index (χ3v) is 6.34. The van der Waals surface area contributed by atoms with Crippen LogP contribution >= 0.6 is 11.8 Å². The third kappa shape index (κ3) is 4.44. The summed E-state index contributed by atoms with van der Waals surface area (Å²) < 4.78 is 66.7. The molecule has 1 saturated heterocycles. The van der Waals surface area contributed by atoms with Crippen molar-refractivity contribution >= 4 is 38.5 Å². The van der Waals surface area contributed by atoms with Crippen molar-refractivity contribution < 1.29 is 31.1 Å². The van der Waals surface area contributed by atoms with E-state index in [-0.39, 0.29) is 34.2 Å². The van der Waals surface area contributed by atoms with Gasteiger partial charge < -0.3 is 4.74 Å². The van der Waals surface area contributed by atoms with Gasteiger partial charge in [0.2, 0.25) is 5.82 Å². The van der Waals surface area contributed by atoms with Crippen LogP contribution in [0.15, 0.2) is 29.3 Å². The number of hydrogen-bond donors (Lipinski definition) is 0. The van der Waals surface area contributed by atoms with Crippen molar-refractivity contribution in [1.82, 2.24) is 9.97 Å². The van der Waals surface area contributed by atoms with Gasteiger partial charge in [0, 0.05) is 5.39 Å². The summed E-state index contributed by atoms with van der Waals surface area (Å²) in [6.07, 6.45) is -5.19. The maximum Gasteiger partial charge on any atom is 0.451 e. The summed E-state index contributed by atoms with van der Waals surface area (Å²) in [6.45, 7) is 0. The van der Waals surface area contributed by atoms with Gasteiger partial charge in [0.1, 0.15) is 11.1 Å². The highest BCUT2D eigenvalue weighted by Crippen LogP contribution is 2.32. The summed E-state index contributed by atoms with van der Waals surface area (Å²) in [4.78, 5) is 18.9. The van der Waals surface area contributed by atoms with Crippen molar-refractivity contribution in [3.05, 3.63) is 30.1 Å². The standard InChI is InChI=1S/C15H13F3N2O4S2/c16-15(17,18)14-19-11-4-2-1-3-10(11)13(20-14)25-7-12(21)24-9-5-6-26(22,23)8-9/h1-4,9H,5-8H2/t9-/m1/s1. The van der Waals surface area contributed by atoms with Gasteiger partial charge in [0.15, 0.2) is 9.84 Å². The van der Waals surface area contributed by atoms with E-state index in [2.05, 4.69) is 9.97 Å². The number of sulfone groups is 1. The fourth-order valence-electron chi connectivity index (χ4n) is 2.49. The van der Waals surface area contributed by atoms with Crippen LogP contribution in [-0.2, 0) is 25.5 Å². The van der Waals surface area contributed by atoms with E-state index in [0.717, 1.165) is 11.8 Å². The molecule has 0 unspecified atom stereocenters. The number of aromatic nitrogens is 2. The summed E-state index contributed by atoms with van der Waals surface area (Å²) >= 11 is 0.796. The highest BCUT2D eigenvalue weighted by atomic mass is 32.2.